The molecule has 0 aliphatic carbocycles. The Bertz CT molecular complexity index is 568. The van der Waals surface area contributed by atoms with E-state index < -0.39 is 0 Å². The summed E-state index contributed by atoms with van der Waals surface area (Å²) in [5.41, 5.74) is 2.70. The number of benzene rings is 1. The molecule has 0 aliphatic heterocycles. The van der Waals surface area contributed by atoms with E-state index >= 15 is 0 Å². The second-order valence-electron chi connectivity index (χ2n) is 3.30. The van der Waals surface area contributed by atoms with Gasteiger partial charge in [-0.1, -0.05) is 43.5 Å². The molecule has 16 heavy (non-hydrogen) atoms. The monoisotopic (exact) mass is 208 g/mol. The summed E-state index contributed by atoms with van der Waals surface area (Å²) in [7, 11) is 0. The van der Waals surface area contributed by atoms with Gasteiger partial charge in [0.25, 0.3) is 0 Å². The molecule has 0 unspecified atom stereocenters. The molecule has 1 heterocycles. The van der Waals surface area contributed by atoms with Crippen LogP contribution in [0.2, 0.25) is 0 Å². The molecular weight excluding hydrogens is 196 g/mol. The van der Waals surface area contributed by atoms with Gasteiger partial charge in [-0.15, -0.1) is 0 Å². The second-order valence-corrected chi connectivity index (χ2v) is 3.30. The summed E-state index contributed by atoms with van der Waals surface area (Å²) in [6.07, 6.45) is 6.86. The fourth-order valence-corrected chi connectivity index (χ4v) is 1.57. The number of aliphatic imine (C=N–C) groups is 1. The normalized spacial score (nSPS) is 10.8. The van der Waals surface area contributed by atoms with Crippen molar-refractivity contribution in [2.75, 3.05) is 0 Å². The molecule has 0 spiro atoms. The topological polar surface area (TPSA) is 25.2 Å². The van der Waals surface area contributed by atoms with Gasteiger partial charge in [0.15, 0.2) is 0 Å². The fourth-order valence-electron chi connectivity index (χ4n) is 1.57. The Morgan fingerprint density at radius 1 is 1.19 bits per heavy atom. The van der Waals surface area contributed by atoms with Crippen LogP contribution in [0, 0.1) is 0 Å². The van der Waals surface area contributed by atoms with Crippen LogP contribution < -0.4 is 0 Å². The standard InChI is InChI=1S/C14H12N2/c1-3-9-15-13-11(4-2)7-8-12-6-5-10-16-14(12)13/h3-10H,1-2H2. The summed E-state index contributed by atoms with van der Waals surface area (Å²) in [4.78, 5) is 8.69. The van der Waals surface area contributed by atoms with Crippen LogP contribution in [-0.2, 0) is 0 Å². The predicted molar refractivity (Wildman–Crippen MR) is 70.2 cm³/mol. The highest BCUT2D eigenvalue weighted by atomic mass is 14.8. The quantitative estimate of drug-likeness (QED) is 0.705. The van der Waals surface area contributed by atoms with Crippen molar-refractivity contribution in [1.82, 2.24) is 4.98 Å². The van der Waals surface area contributed by atoms with Crippen molar-refractivity contribution in [3.05, 3.63) is 55.3 Å². The summed E-state index contributed by atoms with van der Waals surface area (Å²) in [5, 5.41) is 1.07. The number of allylic oxidation sites excluding steroid dienone is 1. The van der Waals surface area contributed by atoms with Crippen molar-refractivity contribution in [1.29, 1.82) is 0 Å². The Kier molecular flexibility index (Phi) is 2.92. The Morgan fingerprint density at radius 2 is 2.06 bits per heavy atom. The van der Waals surface area contributed by atoms with Gasteiger partial charge in [0, 0.05) is 23.4 Å². The second kappa shape index (κ2) is 4.53. The van der Waals surface area contributed by atoms with Gasteiger partial charge in [0.1, 0.15) is 0 Å². The molecule has 2 heteroatoms. The molecule has 0 saturated carbocycles. The minimum Gasteiger partial charge on any atom is -0.254 e. The third kappa shape index (κ3) is 1.77. The van der Waals surface area contributed by atoms with Gasteiger partial charge in [-0.05, 0) is 6.07 Å². The molecule has 0 radical (unpaired) electrons. The number of hydrogen-bond acceptors (Lipinski definition) is 2. The van der Waals surface area contributed by atoms with E-state index in [4.69, 9.17) is 0 Å². The molecule has 0 N–H and O–H groups in total. The van der Waals surface area contributed by atoms with Crippen molar-refractivity contribution in [3.8, 4) is 0 Å². The van der Waals surface area contributed by atoms with E-state index in [1.165, 1.54) is 0 Å². The van der Waals surface area contributed by atoms with Crippen LogP contribution in [0.1, 0.15) is 5.56 Å². The van der Waals surface area contributed by atoms with E-state index in [1.807, 2.05) is 24.3 Å². The maximum Gasteiger partial charge on any atom is 0.0964 e. The first kappa shape index (κ1) is 10.3. The summed E-state index contributed by atoms with van der Waals surface area (Å²) in [6, 6.07) is 7.94. The average Bonchev–Trinajstić information content (AvgIpc) is 2.35. The van der Waals surface area contributed by atoms with E-state index in [2.05, 4.69) is 23.1 Å². The molecule has 0 atom stereocenters. The smallest absolute Gasteiger partial charge is 0.0964 e. The predicted octanol–water partition coefficient (Wildman–Crippen LogP) is 3.77. The highest BCUT2D eigenvalue weighted by molar-refractivity contribution is 5.95. The highest BCUT2D eigenvalue weighted by Crippen LogP contribution is 2.28. The molecule has 0 aliphatic rings. The molecule has 78 valence electrons. The van der Waals surface area contributed by atoms with Gasteiger partial charge in [-0.25, -0.2) is 0 Å². The molecule has 0 fully saturated rings. The van der Waals surface area contributed by atoms with Crippen LogP contribution in [0.3, 0.4) is 0 Å². The number of hydrogen-bond donors (Lipinski definition) is 0. The number of rotatable bonds is 3. The van der Waals surface area contributed by atoms with Crippen molar-refractivity contribution in [2.24, 2.45) is 4.99 Å². The lowest BCUT2D eigenvalue weighted by atomic mass is 10.1. The molecule has 2 aromatic rings. The maximum absolute atomic E-state index is 4.35. The Morgan fingerprint density at radius 3 is 2.81 bits per heavy atom. The van der Waals surface area contributed by atoms with Crippen molar-refractivity contribution in [2.45, 2.75) is 0 Å². The van der Waals surface area contributed by atoms with Crippen molar-refractivity contribution >= 4 is 28.9 Å². The van der Waals surface area contributed by atoms with E-state index in [0.29, 0.717) is 0 Å². The summed E-state index contributed by atoms with van der Waals surface area (Å²) in [5.74, 6) is 0. The van der Waals surface area contributed by atoms with E-state index in [1.54, 1.807) is 24.6 Å². The lowest BCUT2D eigenvalue weighted by molar-refractivity contribution is 1.39. The Labute approximate surface area is 94.7 Å². The molecule has 0 saturated heterocycles. The Balaban J connectivity index is 2.77. The summed E-state index contributed by atoms with van der Waals surface area (Å²) < 4.78 is 0. The van der Waals surface area contributed by atoms with Crippen molar-refractivity contribution in [3.63, 3.8) is 0 Å². The fraction of sp³-hybridized carbons (Fsp3) is 0. The third-order valence-corrected chi connectivity index (χ3v) is 2.31. The number of fused-ring (bicyclic) bond motifs is 1. The zero-order valence-electron chi connectivity index (χ0n) is 8.93. The summed E-state index contributed by atoms with van der Waals surface area (Å²) >= 11 is 0. The highest BCUT2D eigenvalue weighted by Gasteiger charge is 2.04. The van der Waals surface area contributed by atoms with Crippen LogP contribution in [0.4, 0.5) is 5.69 Å². The molecular formula is C14H12N2. The van der Waals surface area contributed by atoms with E-state index in [0.717, 1.165) is 22.2 Å². The first-order valence-electron chi connectivity index (χ1n) is 5.02. The zero-order chi connectivity index (χ0) is 11.4. The van der Waals surface area contributed by atoms with Crippen molar-refractivity contribution < 1.29 is 0 Å². The van der Waals surface area contributed by atoms with Gasteiger partial charge in [0.05, 0.1) is 11.2 Å². The van der Waals surface area contributed by atoms with Crippen LogP contribution in [0.5, 0.6) is 0 Å². The van der Waals surface area contributed by atoms with Gasteiger partial charge in [-0.2, -0.15) is 0 Å². The number of pyridine rings is 1. The molecule has 0 bridgehead atoms. The molecule has 2 rings (SSSR count). The third-order valence-electron chi connectivity index (χ3n) is 2.31. The van der Waals surface area contributed by atoms with Gasteiger partial charge >= 0.3 is 0 Å². The number of aromatic nitrogens is 1. The minimum absolute atomic E-state index is 0.841. The van der Waals surface area contributed by atoms with Gasteiger partial charge in [-0.3, -0.25) is 9.98 Å². The molecule has 0 amide bonds. The lowest BCUT2D eigenvalue weighted by Crippen LogP contribution is -1.82. The van der Waals surface area contributed by atoms with Crippen LogP contribution in [-0.4, -0.2) is 11.2 Å². The van der Waals surface area contributed by atoms with Gasteiger partial charge in [0.2, 0.25) is 0 Å². The first-order valence-corrected chi connectivity index (χ1v) is 5.02. The van der Waals surface area contributed by atoms with E-state index in [9.17, 15) is 0 Å². The molecule has 2 nitrogen and oxygen atoms in total. The van der Waals surface area contributed by atoms with Crippen LogP contribution in [0.25, 0.3) is 17.0 Å². The van der Waals surface area contributed by atoms with E-state index in [-0.39, 0.29) is 0 Å². The first-order chi connectivity index (χ1) is 7.86. The SMILES string of the molecule is C=CC=Nc1c(C=C)ccc2cccnc12. The minimum atomic E-state index is 0.841. The van der Waals surface area contributed by atoms with Crippen LogP contribution >= 0.6 is 0 Å². The van der Waals surface area contributed by atoms with Crippen LogP contribution in [0.15, 0.2) is 54.7 Å². The Hall–Kier alpha value is -2.22. The largest absolute Gasteiger partial charge is 0.254 e. The zero-order valence-corrected chi connectivity index (χ0v) is 8.93. The summed E-state index contributed by atoms with van der Waals surface area (Å²) in [6.45, 7) is 7.39. The molecule has 1 aromatic carbocycles. The number of nitrogens with zero attached hydrogens (tertiary/aromatic N) is 2. The maximum atomic E-state index is 4.35. The molecule has 1 aromatic heterocycles. The average molecular weight is 208 g/mol. The van der Waals surface area contributed by atoms with Gasteiger partial charge < -0.3 is 0 Å². The lowest BCUT2D eigenvalue weighted by Gasteiger charge is -2.04.